The first kappa shape index (κ1) is 13.7. The van der Waals surface area contributed by atoms with E-state index in [0.29, 0.717) is 0 Å². The van der Waals surface area contributed by atoms with Crippen LogP contribution in [0.25, 0.3) is 0 Å². The van der Waals surface area contributed by atoms with Crippen LogP contribution in [0.3, 0.4) is 0 Å². The van der Waals surface area contributed by atoms with Gasteiger partial charge >= 0.3 is 0 Å². The van der Waals surface area contributed by atoms with Gasteiger partial charge in [-0.25, -0.2) is 0 Å². The smallest absolute Gasteiger partial charge is 0.175 e. The molecule has 1 heterocycles. The second kappa shape index (κ2) is 5.95. The van der Waals surface area contributed by atoms with Crippen molar-refractivity contribution in [3.05, 3.63) is 39.3 Å². The molecule has 1 atom stereocenters. The van der Waals surface area contributed by atoms with Gasteiger partial charge in [0.15, 0.2) is 10.1 Å². The lowest BCUT2D eigenvalue weighted by Crippen LogP contribution is -2.13. The minimum atomic E-state index is -0.154. The molecular weight excluding hydrogens is 332 g/mol. The van der Waals surface area contributed by atoms with Crippen LogP contribution in [0.15, 0.2) is 33.1 Å². The standard InChI is InChI=1S/C12H11BrN2OS2/c1-7(17-12-15-14-8(2)18-12)11(16)9-3-5-10(13)6-4-9/h3-7H,1-2H3/t7-/m0/s1. The molecule has 0 spiro atoms. The van der Waals surface area contributed by atoms with Crippen molar-refractivity contribution in [3.8, 4) is 0 Å². The SMILES string of the molecule is Cc1nnc(S[C@@H](C)C(=O)c2ccc(Br)cc2)s1. The number of halogens is 1. The Hall–Kier alpha value is -0.720. The van der Waals surface area contributed by atoms with E-state index in [9.17, 15) is 4.79 Å². The van der Waals surface area contributed by atoms with E-state index in [0.717, 1.165) is 19.4 Å². The molecule has 18 heavy (non-hydrogen) atoms. The number of ketones is 1. The van der Waals surface area contributed by atoms with E-state index in [2.05, 4.69) is 26.1 Å². The maximum absolute atomic E-state index is 12.2. The molecule has 0 amide bonds. The molecule has 0 aliphatic carbocycles. The lowest BCUT2D eigenvalue weighted by molar-refractivity contribution is 0.0994. The van der Waals surface area contributed by atoms with E-state index < -0.39 is 0 Å². The number of nitrogens with zero attached hydrogens (tertiary/aromatic N) is 2. The second-order valence-corrected chi connectivity index (χ2v) is 7.40. The Morgan fingerprint density at radius 2 is 2.00 bits per heavy atom. The first-order valence-corrected chi connectivity index (χ1v) is 7.81. The number of hydrogen-bond acceptors (Lipinski definition) is 5. The van der Waals surface area contributed by atoms with Gasteiger partial charge in [0.2, 0.25) is 0 Å². The molecule has 2 aromatic rings. The van der Waals surface area contributed by atoms with Crippen molar-refractivity contribution >= 4 is 44.8 Å². The molecule has 94 valence electrons. The highest BCUT2D eigenvalue weighted by Crippen LogP contribution is 2.28. The molecule has 1 aromatic carbocycles. The quantitative estimate of drug-likeness (QED) is 0.622. The predicted octanol–water partition coefficient (Wildman–Crippen LogP) is 3.97. The van der Waals surface area contributed by atoms with E-state index in [-0.39, 0.29) is 11.0 Å². The lowest BCUT2D eigenvalue weighted by atomic mass is 10.1. The van der Waals surface area contributed by atoms with Crippen LogP contribution in [0.4, 0.5) is 0 Å². The first-order chi connectivity index (χ1) is 8.56. The molecule has 0 fully saturated rings. The summed E-state index contributed by atoms with van der Waals surface area (Å²) in [5.74, 6) is 0.111. The van der Waals surface area contributed by atoms with Crippen molar-refractivity contribution in [2.75, 3.05) is 0 Å². The van der Waals surface area contributed by atoms with Gasteiger partial charge in [-0.15, -0.1) is 10.2 Å². The van der Waals surface area contributed by atoms with E-state index >= 15 is 0 Å². The fraction of sp³-hybridized carbons (Fsp3) is 0.250. The summed E-state index contributed by atoms with van der Waals surface area (Å²) in [6.07, 6.45) is 0. The monoisotopic (exact) mass is 342 g/mol. The third-order valence-electron chi connectivity index (χ3n) is 2.28. The van der Waals surface area contributed by atoms with Crippen LogP contribution in [0.5, 0.6) is 0 Å². The maximum atomic E-state index is 12.2. The zero-order chi connectivity index (χ0) is 13.1. The largest absolute Gasteiger partial charge is 0.293 e. The Kier molecular flexibility index (Phi) is 4.53. The molecule has 1 aromatic heterocycles. The van der Waals surface area contributed by atoms with Gasteiger partial charge < -0.3 is 0 Å². The van der Waals surface area contributed by atoms with Crippen LogP contribution in [0.1, 0.15) is 22.3 Å². The number of carbonyl (C=O) groups is 1. The number of hydrogen-bond donors (Lipinski definition) is 0. The average molecular weight is 343 g/mol. The van der Waals surface area contributed by atoms with E-state index in [1.165, 1.54) is 23.1 Å². The van der Waals surface area contributed by atoms with Gasteiger partial charge in [0.25, 0.3) is 0 Å². The van der Waals surface area contributed by atoms with Crippen molar-refractivity contribution in [2.24, 2.45) is 0 Å². The van der Waals surface area contributed by atoms with Crippen molar-refractivity contribution in [2.45, 2.75) is 23.4 Å². The van der Waals surface area contributed by atoms with Gasteiger partial charge in [-0.3, -0.25) is 4.79 Å². The zero-order valence-electron chi connectivity index (χ0n) is 9.88. The molecular formula is C12H11BrN2OS2. The van der Waals surface area contributed by atoms with Crippen LogP contribution < -0.4 is 0 Å². The first-order valence-electron chi connectivity index (χ1n) is 5.33. The third kappa shape index (κ3) is 3.40. The molecule has 3 nitrogen and oxygen atoms in total. The van der Waals surface area contributed by atoms with Crippen molar-refractivity contribution in [1.29, 1.82) is 0 Å². The number of benzene rings is 1. The number of aromatic nitrogens is 2. The molecule has 0 aliphatic heterocycles. The van der Waals surface area contributed by atoms with E-state index in [1.807, 2.05) is 38.1 Å². The van der Waals surface area contributed by atoms with Crippen molar-refractivity contribution < 1.29 is 4.79 Å². The van der Waals surface area contributed by atoms with Crippen molar-refractivity contribution in [1.82, 2.24) is 10.2 Å². The Morgan fingerprint density at radius 3 is 2.56 bits per heavy atom. The van der Waals surface area contributed by atoms with E-state index in [1.54, 1.807) is 0 Å². The summed E-state index contributed by atoms with van der Waals surface area (Å²) in [6.45, 7) is 3.80. The van der Waals surface area contributed by atoms with Crippen LogP contribution >= 0.6 is 39.0 Å². The Morgan fingerprint density at radius 1 is 1.33 bits per heavy atom. The van der Waals surface area contributed by atoms with Gasteiger partial charge in [-0.1, -0.05) is 51.2 Å². The maximum Gasteiger partial charge on any atom is 0.175 e. The summed E-state index contributed by atoms with van der Waals surface area (Å²) in [4.78, 5) is 12.2. The van der Waals surface area contributed by atoms with Gasteiger partial charge in [0.05, 0.1) is 5.25 Å². The van der Waals surface area contributed by atoms with Gasteiger partial charge in [-0.2, -0.15) is 0 Å². The summed E-state index contributed by atoms with van der Waals surface area (Å²) < 4.78 is 1.81. The highest BCUT2D eigenvalue weighted by atomic mass is 79.9. The molecule has 0 unspecified atom stereocenters. The van der Waals surface area contributed by atoms with Gasteiger partial charge in [0.1, 0.15) is 5.01 Å². The normalized spacial score (nSPS) is 12.4. The molecule has 0 radical (unpaired) electrons. The minimum Gasteiger partial charge on any atom is -0.293 e. The molecule has 0 N–H and O–H groups in total. The summed E-state index contributed by atoms with van der Waals surface area (Å²) in [6, 6.07) is 7.41. The summed E-state index contributed by atoms with van der Waals surface area (Å²) in [7, 11) is 0. The highest BCUT2D eigenvalue weighted by Gasteiger charge is 2.18. The molecule has 0 bridgehead atoms. The minimum absolute atomic E-state index is 0.111. The molecule has 6 heteroatoms. The fourth-order valence-electron chi connectivity index (χ4n) is 1.38. The number of carbonyl (C=O) groups excluding carboxylic acids is 1. The Balaban J connectivity index is 2.07. The number of thioether (sulfide) groups is 1. The number of rotatable bonds is 4. The predicted molar refractivity (Wildman–Crippen MR) is 78.4 cm³/mol. The topological polar surface area (TPSA) is 42.9 Å². The van der Waals surface area contributed by atoms with Gasteiger partial charge in [-0.05, 0) is 26.0 Å². The third-order valence-corrected chi connectivity index (χ3v) is 4.83. The summed E-state index contributed by atoms with van der Waals surface area (Å²) in [5, 5.41) is 8.72. The Labute approximate surface area is 122 Å². The summed E-state index contributed by atoms with van der Waals surface area (Å²) >= 11 is 6.32. The van der Waals surface area contributed by atoms with E-state index in [4.69, 9.17) is 0 Å². The molecule has 0 saturated carbocycles. The lowest BCUT2D eigenvalue weighted by Gasteiger charge is -2.07. The van der Waals surface area contributed by atoms with Crippen LogP contribution in [-0.4, -0.2) is 21.2 Å². The average Bonchev–Trinajstić information content (AvgIpc) is 2.75. The van der Waals surface area contributed by atoms with Gasteiger partial charge in [0, 0.05) is 10.0 Å². The van der Waals surface area contributed by atoms with Crippen LogP contribution in [0.2, 0.25) is 0 Å². The Bertz CT molecular complexity index is 553. The van der Waals surface area contributed by atoms with Crippen molar-refractivity contribution in [3.63, 3.8) is 0 Å². The molecule has 0 aliphatic rings. The second-order valence-electron chi connectivity index (χ2n) is 3.72. The summed E-state index contributed by atoms with van der Waals surface area (Å²) in [5.41, 5.74) is 0.722. The fourth-order valence-corrected chi connectivity index (χ4v) is 3.68. The molecule has 0 saturated heterocycles. The van der Waals surface area contributed by atoms with Crippen LogP contribution in [-0.2, 0) is 0 Å². The number of Topliss-reactive ketones (excluding diaryl/α,β-unsaturated/α-hetero) is 1. The van der Waals surface area contributed by atoms with Crippen LogP contribution in [0, 0.1) is 6.92 Å². The molecule has 2 rings (SSSR count). The zero-order valence-corrected chi connectivity index (χ0v) is 13.1. The number of aryl methyl sites for hydroxylation is 1. The highest BCUT2D eigenvalue weighted by molar-refractivity contribution is 9.10.